The van der Waals surface area contributed by atoms with E-state index in [0.29, 0.717) is 60.2 Å². The van der Waals surface area contributed by atoms with Gasteiger partial charge in [0.05, 0.1) is 58.0 Å². The number of methoxy groups -OCH3 is 2. The van der Waals surface area contributed by atoms with E-state index in [0.717, 1.165) is 99.5 Å². The Morgan fingerprint density at radius 1 is 0.385 bits per heavy atom. The first-order valence-corrected chi connectivity index (χ1v) is 30.2. The Hall–Kier alpha value is -8.60. The first-order valence-electron chi connectivity index (χ1n) is 30.2. The number of nitrogens with zero attached hydrogens (tertiary/aromatic N) is 4. The number of anilines is 4. The van der Waals surface area contributed by atoms with Crippen molar-refractivity contribution in [3.8, 4) is 56.6 Å². The number of hydrogen-bond acceptors (Lipinski definition) is 8. The fourth-order valence-corrected chi connectivity index (χ4v) is 12.6. The minimum Gasteiger partial charge on any atom is -0.872 e. The molecule has 0 aliphatic heterocycles. The molecule has 10 nitrogen and oxygen atoms in total. The van der Waals surface area contributed by atoms with E-state index in [1.807, 2.05) is 173 Å². The van der Waals surface area contributed by atoms with Crippen molar-refractivity contribution in [3.63, 3.8) is 0 Å². The third kappa shape index (κ3) is 13.2. The molecule has 0 aliphatic carbocycles. The molecule has 0 bridgehead atoms. The maximum absolute atomic E-state index is 14.0. The summed E-state index contributed by atoms with van der Waals surface area (Å²) in [5.74, 6) is 0.383. The fourth-order valence-electron chi connectivity index (χ4n) is 12.6. The molecule has 12 rings (SSSR count). The minimum absolute atomic E-state index is 0. The Bertz CT molecular complexity index is 4190. The molecule has 0 unspecified atom stereocenters. The molecule has 2 aromatic heterocycles. The topological polar surface area (TPSA) is 121 Å². The van der Waals surface area contributed by atoms with Gasteiger partial charge in [0, 0.05) is 71.4 Å². The SMILES string of the molecule is COCCN(c1ccccc1-c1cc(C)cc(C(C)(C)C)c1[O-])c1cc(C)cc(-n2c3ccccc3c3ccccc32)c1O.COCCN(c1ccccc1-c1cc(C)cc(C(C)(C)C)c1[O-])c1cc(C)cc(-n2c3ccccc3c3ccccc32)c1O.[CH3-].[CH3-].[Zr+4]. The van der Waals surface area contributed by atoms with Gasteiger partial charge in [-0.1, -0.05) is 198 Å². The van der Waals surface area contributed by atoms with Gasteiger partial charge < -0.3 is 63.7 Å². The number of hydrogen-bond donors (Lipinski definition) is 2. The summed E-state index contributed by atoms with van der Waals surface area (Å²) in [5, 5.41) is 56.8. The molecule has 2 heterocycles. The molecule has 0 aliphatic rings. The predicted octanol–water partition coefficient (Wildman–Crippen LogP) is 18.8. The summed E-state index contributed by atoms with van der Waals surface area (Å²) in [7, 11) is 3.35. The standard InChI is InChI=1S/2C39H40N2O3.2CH3.Zr/c2*1-25-21-30(37(42)31(22-25)39(3,4)5)29-15-7-10-16-32(29)40(19-20-44-6)35-23-26(2)24-36(38(35)43)41-33-17-11-8-13-27(33)28-14-9-12-18-34(28)41;;;/h2*7-18,21-24,42-43H,19-20H2,1-6H3;2*1H3;/q;;2*-1;+4/p-2. The van der Waals surface area contributed by atoms with Crippen LogP contribution in [0.25, 0.3) is 77.2 Å². The maximum atomic E-state index is 14.0. The molecule has 12 aromatic rings. The molecule has 11 heteroatoms. The number of phenolic OH excluding ortho intramolecular Hbond substituents is 2. The summed E-state index contributed by atoms with van der Waals surface area (Å²) in [6.45, 7) is 22.4. The van der Waals surface area contributed by atoms with Crippen LogP contribution < -0.4 is 20.0 Å². The van der Waals surface area contributed by atoms with Crippen LogP contribution in [0.2, 0.25) is 0 Å². The second-order valence-corrected chi connectivity index (χ2v) is 25.2. The first kappa shape index (κ1) is 68.3. The van der Waals surface area contributed by atoms with E-state index in [9.17, 15) is 20.4 Å². The maximum Gasteiger partial charge on any atom is 4.00 e. The third-order valence-electron chi connectivity index (χ3n) is 16.7. The van der Waals surface area contributed by atoms with Gasteiger partial charge >= 0.3 is 26.2 Å². The number of aromatic hydroxyl groups is 2. The van der Waals surface area contributed by atoms with Crippen LogP contribution in [0.5, 0.6) is 23.0 Å². The molecule has 0 radical (unpaired) electrons. The minimum atomic E-state index is -0.297. The number of phenols is 2. The van der Waals surface area contributed by atoms with Crippen molar-refractivity contribution in [1.82, 2.24) is 9.13 Å². The smallest absolute Gasteiger partial charge is 0.872 e. The molecular weight excluding hydrogens is 1200 g/mol. The Morgan fingerprint density at radius 3 is 0.978 bits per heavy atom. The van der Waals surface area contributed by atoms with Crippen molar-refractivity contribution >= 4 is 66.4 Å². The molecule has 0 saturated heterocycles. The third-order valence-corrected chi connectivity index (χ3v) is 16.7. The van der Waals surface area contributed by atoms with E-state index in [1.54, 1.807) is 14.2 Å². The van der Waals surface area contributed by atoms with E-state index in [2.05, 4.69) is 109 Å². The fraction of sp³-hybridized carbons (Fsp3) is 0.225. The largest absolute Gasteiger partial charge is 4.00 e. The number of fused-ring (bicyclic) bond motifs is 6. The summed E-state index contributed by atoms with van der Waals surface area (Å²) >= 11 is 0. The molecule has 10 aromatic carbocycles. The van der Waals surface area contributed by atoms with Crippen LogP contribution in [-0.2, 0) is 46.5 Å². The summed E-state index contributed by atoms with van der Waals surface area (Å²) in [6, 6.07) is 65.1. The number of ether oxygens (including phenoxy) is 2. The van der Waals surface area contributed by atoms with Crippen LogP contribution in [0.4, 0.5) is 22.7 Å². The van der Waals surface area contributed by atoms with Crippen molar-refractivity contribution < 1.29 is 56.1 Å². The van der Waals surface area contributed by atoms with Crippen LogP contribution in [-0.4, -0.2) is 59.9 Å². The van der Waals surface area contributed by atoms with Crippen molar-refractivity contribution in [2.45, 2.75) is 80.1 Å². The summed E-state index contributed by atoms with van der Waals surface area (Å²) < 4.78 is 15.4. The predicted molar refractivity (Wildman–Crippen MR) is 374 cm³/mol. The summed E-state index contributed by atoms with van der Waals surface area (Å²) in [4.78, 5) is 4.16. The summed E-state index contributed by atoms with van der Waals surface area (Å²) in [6.07, 6.45) is 0. The average Bonchev–Trinajstić information content (AvgIpc) is 1.68. The van der Waals surface area contributed by atoms with Gasteiger partial charge in [-0.25, -0.2) is 0 Å². The van der Waals surface area contributed by atoms with Crippen LogP contribution in [0.1, 0.15) is 74.9 Å². The van der Waals surface area contributed by atoms with E-state index in [-0.39, 0.29) is 74.9 Å². The monoisotopic (exact) mass is 1290 g/mol. The number of aromatic nitrogens is 2. The molecular formula is C80H84N4O6Zr. The van der Waals surface area contributed by atoms with E-state index in [1.165, 1.54) is 0 Å². The zero-order chi connectivity index (χ0) is 62.3. The molecule has 464 valence electrons. The van der Waals surface area contributed by atoms with Crippen molar-refractivity contribution in [2.75, 3.05) is 50.3 Å². The Kier molecular flexibility index (Phi) is 20.9. The second kappa shape index (κ2) is 27.9. The number of aryl methyl sites for hydroxylation is 4. The van der Waals surface area contributed by atoms with Gasteiger partial charge in [-0.3, -0.25) is 0 Å². The Labute approximate surface area is 557 Å². The van der Waals surface area contributed by atoms with E-state index >= 15 is 0 Å². The van der Waals surface area contributed by atoms with Gasteiger partial charge in [-0.15, -0.1) is 0 Å². The quantitative estimate of drug-likeness (QED) is 0.103. The van der Waals surface area contributed by atoms with Crippen LogP contribution in [0.15, 0.2) is 194 Å². The summed E-state index contributed by atoms with van der Waals surface area (Å²) in [5.41, 5.74) is 16.5. The van der Waals surface area contributed by atoms with Crippen LogP contribution in [0, 0.1) is 42.5 Å². The van der Waals surface area contributed by atoms with Gasteiger partial charge in [0.15, 0.2) is 11.5 Å². The van der Waals surface area contributed by atoms with Crippen LogP contribution in [0.3, 0.4) is 0 Å². The number of para-hydroxylation sites is 6. The zero-order valence-corrected chi connectivity index (χ0v) is 57.6. The molecule has 0 amide bonds. The molecule has 0 fully saturated rings. The molecule has 0 spiro atoms. The van der Waals surface area contributed by atoms with Crippen molar-refractivity contribution in [3.05, 3.63) is 242 Å². The van der Waals surface area contributed by atoms with E-state index < -0.39 is 0 Å². The van der Waals surface area contributed by atoms with Gasteiger partial charge in [0.1, 0.15) is 0 Å². The number of rotatable bonds is 14. The zero-order valence-electron chi connectivity index (χ0n) is 55.1. The average molecular weight is 1290 g/mol. The number of benzene rings is 10. The van der Waals surface area contributed by atoms with Gasteiger partial charge in [-0.2, -0.15) is 0 Å². The molecule has 91 heavy (non-hydrogen) atoms. The van der Waals surface area contributed by atoms with Gasteiger partial charge in [0.2, 0.25) is 0 Å². The molecule has 2 N–H and O–H groups in total. The van der Waals surface area contributed by atoms with Crippen molar-refractivity contribution in [1.29, 1.82) is 0 Å². The molecule has 0 atom stereocenters. The second-order valence-electron chi connectivity index (χ2n) is 25.2. The Balaban J connectivity index is 0.000000227. The van der Waals surface area contributed by atoms with Gasteiger partial charge in [-0.05, 0) is 133 Å². The van der Waals surface area contributed by atoms with Crippen molar-refractivity contribution in [2.24, 2.45) is 0 Å². The normalized spacial score (nSPS) is 11.5. The van der Waals surface area contributed by atoms with Crippen LogP contribution >= 0.6 is 0 Å². The molecule has 0 saturated carbocycles. The van der Waals surface area contributed by atoms with Gasteiger partial charge in [0.25, 0.3) is 0 Å². The Morgan fingerprint density at radius 2 is 0.670 bits per heavy atom. The van der Waals surface area contributed by atoms with E-state index in [4.69, 9.17) is 9.47 Å². The first-order chi connectivity index (χ1) is 42.2.